The Balaban J connectivity index is 2.26. The lowest BCUT2D eigenvalue weighted by atomic mass is 10.1. The first kappa shape index (κ1) is 9.30. The van der Waals surface area contributed by atoms with Gasteiger partial charge in [-0.25, -0.2) is 4.98 Å². The minimum Gasteiger partial charge on any atom is -0.260 e. The molecule has 1 N–H and O–H groups in total. The topological polar surface area (TPSA) is 54.5 Å². The third kappa shape index (κ3) is 1.44. The predicted molar refractivity (Wildman–Crippen MR) is 62.1 cm³/mol. The van der Waals surface area contributed by atoms with E-state index in [1.54, 1.807) is 6.20 Å². The molecule has 0 saturated carbocycles. The van der Waals surface area contributed by atoms with Crippen LogP contribution >= 0.6 is 11.6 Å². The number of hydrogen-bond donors (Lipinski definition) is 1. The lowest BCUT2D eigenvalue weighted by Crippen LogP contribution is -1.82. The van der Waals surface area contributed by atoms with Crippen LogP contribution in [0, 0.1) is 0 Å². The van der Waals surface area contributed by atoms with Crippen molar-refractivity contribution < 1.29 is 0 Å². The predicted octanol–water partition coefficient (Wildman–Crippen LogP) is 2.67. The maximum Gasteiger partial charge on any atom is 0.224 e. The highest BCUT2D eigenvalue weighted by atomic mass is 35.5. The van der Waals surface area contributed by atoms with Crippen molar-refractivity contribution in [1.82, 2.24) is 20.2 Å². The van der Waals surface area contributed by atoms with E-state index in [1.165, 1.54) is 0 Å². The molecule has 0 amide bonds. The third-order valence-electron chi connectivity index (χ3n) is 2.34. The van der Waals surface area contributed by atoms with Crippen LogP contribution in [0.15, 0.2) is 36.5 Å². The molecule has 3 aromatic rings. The van der Waals surface area contributed by atoms with Gasteiger partial charge in [-0.1, -0.05) is 30.3 Å². The summed E-state index contributed by atoms with van der Waals surface area (Å²) in [5.41, 5.74) is 2.52. The van der Waals surface area contributed by atoms with Crippen molar-refractivity contribution in [2.75, 3.05) is 0 Å². The van der Waals surface area contributed by atoms with Gasteiger partial charge in [0.1, 0.15) is 5.69 Å². The van der Waals surface area contributed by atoms with Crippen LogP contribution in [0.3, 0.4) is 0 Å². The number of rotatable bonds is 1. The first-order valence-corrected chi connectivity index (χ1v) is 5.14. The summed E-state index contributed by atoms with van der Waals surface area (Å²) in [5, 5.41) is 8.15. The lowest BCUT2D eigenvalue weighted by Gasteiger charge is -1.95. The number of aromatic nitrogens is 4. The van der Waals surface area contributed by atoms with Gasteiger partial charge >= 0.3 is 0 Å². The average Bonchev–Trinajstić information content (AvgIpc) is 2.73. The highest BCUT2D eigenvalue weighted by molar-refractivity contribution is 6.28. The maximum absolute atomic E-state index is 5.70. The van der Waals surface area contributed by atoms with Crippen LogP contribution < -0.4 is 0 Å². The Kier molecular flexibility index (Phi) is 2.08. The van der Waals surface area contributed by atoms with Crippen LogP contribution in [0.1, 0.15) is 0 Å². The van der Waals surface area contributed by atoms with E-state index in [-0.39, 0.29) is 5.28 Å². The van der Waals surface area contributed by atoms with Crippen molar-refractivity contribution in [1.29, 1.82) is 0 Å². The van der Waals surface area contributed by atoms with Crippen molar-refractivity contribution in [3.8, 4) is 11.3 Å². The molecule has 2 heterocycles. The fourth-order valence-electron chi connectivity index (χ4n) is 1.60. The molecule has 3 rings (SSSR count). The summed E-state index contributed by atoms with van der Waals surface area (Å²) >= 11 is 5.70. The Morgan fingerprint density at radius 1 is 1.12 bits per heavy atom. The van der Waals surface area contributed by atoms with E-state index in [1.807, 2.05) is 30.3 Å². The number of benzene rings is 1. The summed E-state index contributed by atoms with van der Waals surface area (Å²) in [6, 6.07) is 9.87. The monoisotopic (exact) mass is 230 g/mol. The summed E-state index contributed by atoms with van der Waals surface area (Å²) in [7, 11) is 0. The molecule has 0 bridgehead atoms. The second-order valence-electron chi connectivity index (χ2n) is 3.34. The van der Waals surface area contributed by atoms with Gasteiger partial charge < -0.3 is 0 Å². The van der Waals surface area contributed by atoms with Crippen LogP contribution in [0.25, 0.3) is 22.3 Å². The molecule has 4 nitrogen and oxygen atoms in total. The summed E-state index contributed by atoms with van der Waals surface area (Å²) in [6.07, 6.45) is 1.68. The van der Waals surface area contributed by atoms with Crippen LogP contribution in [0.2, 0.25) is 5.28 Å². The number of H-pyrrole nitrogens is 1. The molecule has 0 radical (unpaired) electrons. The first-order valence-electron chi connectivity index (χ1n) is 4.76. The smallest absolute Gasteiger partial charge is 0.224 e. The van der Waals surface area contributed by atoms with Gasteiger partial charge in [-0.3, -0.25) is 5.10 Å². The van der Waals surface area contributed by atoms with E-state index in [2.05, 4.69) is 20.2 Å². The summed E-state index contributed by atoms with van der Waals surface area (Å²) in [6.45, 7) is 0. The Bertz CT molecular complexity index is 633. The molecular formula is C11H7ClN4. The molecular weight excluding hydrogens is 224 g/mol. The van der Waals surface area contributed by atoms with Gasteiger partial charge in [0, 0.05) is 11.8 Å². The second-order valence-corrected chi connectivity index (χ2v) is 3.68. The van der Waals surface area contributed by atoms with E-state index in [0.29, 0.717) is 5.65 Å². The van der Waals surface area contributed by atoms with Crippen molar-refractivity contribution >= 4 is 22.6 Å². The fraction of sp³-hybridized carbons (Fsp3) is 0. The number of nitrogens with one attached hydrogen (secondary N) is 1. The second kappa shape index (κ2) is 3.57. The highest BCUT2D eigenvalue weighted by Crippen LogP contribution is 2.24. The van der Waals surface area contributed by atoms with Gasteiger partial charge in [-0.2, -0.15) is 10.1 Å². The summed E-state index contributed by atoms with van der Waals surface area (Å²) in [4.78, 5) is 8.02. The van der Waals surface area contributed by atoms with E-state index in [4.69, 9.17) is 11.6 Å². The molecule has 0 fully saturated rings. The molecule has 5 heteroatoms. The van der Waals surface area contributed by atoms with Crippen LogP contribution in [-0.4, -0.2) is 20.2 Å². The average molecular weight is 231 g/mol. The molecule has 2 aromatic heterocycles. The molecule has 0 aliphatic carbocycles. The molecule has 0 unspecified atom stereocenters. The molecule has 0 atom stereocenters. The van der Waals surface area contributed by atoms with Gasteiger partial charge in [0.05, 0.1) is 5.39 Å². The van der Waals surface area contributed by atoms with Crippen molar-refractivity contribution in [3.05, 3.63) is 41.8 Å². The lowest BCUT2D eigenvalue weighted by molar-refractivity contribution is 1.09. The minimum atomic E-state index is 0.218. The highest BCUT2D eigenvalue weighted by Gasteiger charge is 2.09. The van der Waals surface area contributed by atoms with Crippen molar-refractivity contribution in [3.63, 3.8) is 0 Å². The zero-order chi connectivity index (χ0) is 11.0. The van der Waals surface area contributed by atoms with Crippen LogP contribution in [0.4, 0.5) is 0 Å². The molecule has 78 valence electrons. The first-order chi connectivity index (χ1) is 7.84. The quantitative estimate of drug-likeness (QED) is 0.654. The Morgan fingerprint density at radius 3 is 2.75 bits per heavy atom. The standard InChI is InChI=1S/C11H7ClN4/c12-11-13-6-8-9(15-16-10(8)14-11)7-4-2-1-3-5-7/h1-6H,(H,13,14,15,16). The Hall–Kier alpha value is -1.94. The normalized spacial score (nSPS) is 10.8. The summed E-state index contributed by atoms with van der Waals surface area (Å²) in [5.74, 6) is 0. The zero-order valence-electron chi connectivity index (χ0n) is 8.18. The molecule has 0 spiro atoms. The van der Waals surface area contributed by atoms with Gasteiger partial charge in [0.2, 0.25) is 5.28 Å². The number of nitrogens with zero attached hydrogens (tertiary/aromatic N) is 3. The largest absolute Gasteiger partial charge is 0.260 e. The molecule has 0 aliphatic heterocycles. The molecule has 0 saturated heterocycles. The van der Waals surface area contributed by atoms with E-state index in [9.17, 15) is 0 Å². The molecule has 0 aliphatic rings. The SMILES string of the molecule is Clc1ncc2c(-c3ccccc3)n[nH]c2n1. The maximum atomic E-state index is 5.70. The van der Waals surface area contributed by atoms with Gasteiger partial charge in [0.15, 0.2) is 5.65 Å². The summed E-state index contributed by atoms with van der Waals surface area (Å²) < 4.78 is 0. The van der Waals surface area contributed by atoms with Crippen molar-refractivity contribution in [2.24, 2.45) is 0 Å². The number of aromatic amines is 1. The Morgan fingerprint density at radius 2 is 1.94 bits per heavy atom. The minimum absolute atomic E-state index is 0.218. The number of fused-ring (bicyclic) bond motifs is 1. The zero-order valence-corrected chi connectivity index (χ0v) is 8.94. The fourth-order valence-corrected chi connectivity index (χ4v) is 1.74. The van der Waals surface area contributed by atoms with Crippen molar-refractivity contribution in [2.45, 2.75) is 0 Å². The van der Waals surface area contributed by atoms with Gasteiger partial charge in [-0.15, -0.1) is 0 Å². The van der Waals surface area contributed by atoms with Crippen LogP contribution in [0.5, 0.6) is 0 Å². The third-order valence-corrected chi connectivity index (χ3v) is 2.52. The number of halogens is 1. The van der Waals surface area contributed by atoms with E-state index in [0.717, 1.165) is 16.6 Å². The molecule has 16 heavy (non-hydrogen) atoms. The molecule has 1 aromatic carbocycles. The van der Waals surface area contributed by atoms with E-state index < -0.39 is 0 Å². The Labute approximate surface area is 96.3 Å². The van der Waals surface area contributed by atoms with Gasteiger partial charge in [0.25, 0.3) is 0 Å². The van der Waals surface area contributed by atoms with Crippen LogP contribution in [-0.2, 0) is 0 Å². The number of hydrogen-bond acceptors (Lipinski definition) is 3. The van der Waals surface area contributed by atoms with E-state index >= 15 is 0 Å². The van der Waals surface area contributed by atoms with Gasteiger partial charge in [-0.05, 0) is 11.6 Å².